The Morgan fingerprint density at radius 3 is 2.60 bits per heavy atom. The summed E-state index contributed by atoms with van der Waals surface area (Å²) in [6.45, 7) is 6.55. The van der Waals surface area contributed by atoms with Gasteiger partial charge >= 0.3 is 0 Å². The van der Waals surface area contributed by atoms with Crippen molar-refractivity contribution in [3.63, 3.8) is 0 Å². The fourth-order valence-corrected chi connectivity index (χ4v) is 1.18. The molecule has 0 saturated heterocycles. The van der Waals surface area contributed by atoms with E-state index in [1.54, 1.807) is 12.1 Å². The average Bonchev–Trinajstić information content (AvgIpc) is 2.20. The molecule has 0 aliphatic carbocycles. The molecule has 1 rings (SSSR count). The molecule has 84 valence electrons. The standard InChI is InChI=1S/C11H17ClN2O/c1-7(2)8(3)15-11-5-4-9(12)10(6-13)14-11/h4-5,7-8H,6,13H2,1-3H3. The van der Waals surface area contributed by atoms with Gasteiger partial charge in [-0.1, -0.05) is 25.4 Å². The minimum Gasteiger partial charge on any atom is -0.474 e. The second-order valence-electron chi connectivity index (χ2n) is 3.85. The molecule has 0 fully saturated rings. The Hall–Kier alpha value is -0.800. The summed E-state index contributed by atoms with van der Waals surface area (Å²) in [5, 5.41) is 0.585. The second kappa shape index (κ2) is 5.33. The summed E-state index contributed by atoms with van der Waals surface area (Å²) in [5.74, 6) is 1.03. The van der Waals surface area contributed by atoms with Crippen LogP contribution in [0, 0.1) is 5.92 Å². The van der Waals surface area contributed by atoms with Crippen LogP contribution in [0.1, 0.15) is 26.5 Å². The van der Waals surface area contributed by atoms with Crippen molar-refractivity contribution in [2.24, 2.45) is 11.7 Å². The van der Waals surface area contributed by atoms with E-state index in [9.17, 15) is 0 Å². The third-order valence-electron chi connectivity index (χ3n) is 2.33. The number of pyridine rings is 1. The first-order valence-corrected chi connectivity index (χ1v) is 5.44. The predicted molar refractivity (Wildman–Crippen MR) is 62.1 cm³/mol. The number of nitrogens with zero attached hydrogens (tertiary/aromatic N) is 1. The summed E-state index contributed by atoms with van der Waals surface area (Å²) in [7, 11) is 0. The molecule has 0 amide bonds. The molecular weight excluding hydrogens is 212 g/mol. The summed E-state index contributed by atoms with van der Waals surface area (Å²) in [4.78, 5) is 4.23. The summed E-state index contributed by atoms with van der Waals surface area (Å²) in [6.07, 6.45) is 0.129. The highest BCUT2D eigenvalue weighted by atomic mass is 35.5. The van der Waals surface area contributed by atoms with Crippen LogP contribution in [-0.2, 0) is 6.54 Å². The van der Waals surface area contributed by atoms with Gasteiger partial charge in [0.25, 0.3) is 0 Å². The normalized spacial score (nSPS) is 12.9. The zero-order valence-corrected chi connectivity index (χ0v) is 10.1. The number of hydrogen-bond donors (Lipinski definition) is 1. The summed E-state index contributed by atoms with van der Waals surface area (Å²) in [5.41, 5.74) is 6.18. The smallest absolute Gasteiger partial charge is 0.213 e. The molecule has 0 bridgehead atoms. The van der Waals surface area contributed by atoms with Crippen molar-refractivity contribution in [3.05, 3.63) is 22.8 Å². The Balaban J connectivity index is 2.78. The van der Waals surface area contributed by atoms with Gasteiger partial charge in [-0.2, -0.15) is 0 Å². The van der Waals surface area contributed by atoms with Crippen LogP contribution >= 0.6 is 11.6 Å². The molecule has 0 saturated carbocycles. The van der Waals surface area contributed by atoms with Gasteiger partial charge in [-0.05, 0) is 18.9 Å². The number of rotatable bonds is 4. The Labute approximate surface area is 95.6 Å². The molecule has 0 aliphatic rings. The summed E-state index contributed by atoms with van der Waals surface area (Å²) in [6, 6.07) is 3.53. The van der Waals surface area contributed by atoms with E-state index in [4.69, 9.17) is 22.1 Å². The first kappa shape index (κ1) is 12.3. The van der Waals surface area contributed by atoms with Gasteiger partial charge < -0.3 is 10.5 Å². The van der Waals surface area contributed by atoms with E-state index in [2.05, 4.69) is 18.8 Å². The molecule has 4 heteroatoms. The van der Waals surface area contributed by atoms with Crippen LogP contribution in [0.25, 0.3) is 0 Å². The maximum atomic E-state index is 5.90. The van der Waals surface area contributed by atoms with Gasteiger partial charge in [-0.25, -0.2) is 4.98 Å². The number of hydrogen-bond acceptors (Lipinski definition) is 3. The monoisotopic (exact) mass is 228 g/mol. The molecule has 1 aromatic heterocycles. The number of ether oxygens (including phenoxy) is 1. The highest BCUT2D eigenvalue weighted by molar-refractivity contribution is 6.31. The topological polar surface area (TPSA) is 48.1 Å². The van der Waals surface area contributed by atoms with E-state index in [0.29, 0.717) is 29.1 Å². The van der Waals surface area contributed by atoms with Crippen molar-refractivity contribution < 1.29 is 4.74 Å². The second-order valence-corrected chi connectivity index (χ2v) is 4.26. The Morgan fingerprint density at radius 1 is 1.40 bits per heavy atom. The van der Waals surface area contributed by atoms with E-state index >= 15 is 0 Å². The van der Waals surface area contributed by atoms with Crippen molar-refractivity contribution in [2.75, 3.05) is 0 Å². The molecule has 0 aromatic carbocycles. The third-order valence-corrected chi connectivity index (χ3v) is 2.68. The van der Waals surface area contributed by atoms with Gasteiger partial charge in [-0.3, -0.25) is 0 Å². The maximum absolute atomic E-state index is 5.90. The predicted octanol–water partition coefficient (Wildman–Crippen LogP) is 2.62. The van der Waals surface area contributed by atoms with E-state index in [1.165, 1.54) is 0 Å². The molecule has 3 nitrogen and oxygen atoms in total. The molecule has 1 aromatic rings. The highest BCUT2D eigenvalue weighted by Gasteiger charge is 2.10. The highest BCUT2D eigenvalue weighted by Crippen LogP contribution is 2.19. The summed E-state index contributed by atoms with van der Waals surface area (Å²) >= 11 is 5.90. The van der Waals surface area contributed by atoms with E-state index < -0.39 is 0 Å². The van der Waals surface area contributed by atoms with E-state index in [0.717, 1.165) is 0 Å². The van der Waals surface area contributed by atoms with Crippen LogP contribution < -0.4 is 10.5 Å². The molecule has 2 N–H and O–H groups in total. The van der Waals surface area contributed by atoms with E-state index in [-0.39, 0.29) is 6.10 Å². The largest absolute Gasteiger partial charge is 0.474 e. The van der Waals surface area contributed by atoms with E-state index in [1.807, 2.05) is 6.92 Å². The molecule has 0 aliphatic heterocycles. The Bertz CT molecular complexity index is 328. The van der Waals surface area contributed by atoms with Gasteiger partial charge in [0.05, 0.1) is 16.8 Å². The minimum atomic E-state index is 0.129. The van der Waals surface area contributed by atoms with Crippen molar-refractivity contribution in [2.45, 2.75) is 33.4 Å². The lowest BCUT2D eigenvalue weighted by Gasteiger charge is -2.17. The third kappa shape index (κ3) is 3.36. The molecule has 1 unspecified atom stereocenters. The maximum Gasteiger partial charge on any atom is 0.213 e. The lowest BCUT2D eigenvalue weighted by Crippen LogP contribution is -2.19. The lowest BCUT2D eigenvalue weighted by molar-refractivity contribution is 0.163. The summed E-state index contributed by atoms with van der Waals surface area (Å²) < 4.78 is 5.65. The van der Waals surface area contributed by atoms with Crippen molar-refractivity contribution >= 4 is 11.6 Å². The molecule has 0 spiro atoms. The SMILES string of the molecule is CC(C)C(C)Oc1ccc(Cl)c(CN)n1. The van der Waals surface area contributed by atoms with Crippen molar-refractivity contribution in [1.29, 1.82) is 0 Å². The fraction of sp³-hybridized carbons (Fsp3) is 0.545. The Morgan fingerprint density at radius 2 is 2.07 bits per heavy atom. The number of aromatic nitrogens is 1. The van der Waals surface area contributed by atoms with Crippen LogP contribution in [0.2, 0.25) is 5.02 Å². The molecular formula is C11H17ClN2O. The zero-order chi connectivity index (χ0) is 11.4. The fourth-order valence-electron chi connectivity index (χ4n) is 1.000. The Kier molecular flexibility index (Phi) is 4.36. The quantitative estimate of drug-likeness (QED) is 0.862. The van der Waals surface area contributed by atoms with Gasteiger partial charge in [0.2, 0.25) is 5.88 Å². The number of halogens is 1. The molecule has 1 atom stereocenters. The van der Waals surface area contributed by atoms with Gasteiger partial charge in [-0.15, -0.1) is 0 Å². The lowest BCUT2D eigenvalue weighted by atomic mass is 10.1. The molecule has 15 heavy (non-hydrogen) atoms. The van der Waals surface area contributed by atoms with Crippen LogP contribution in [0.5, 0.6) is 5.88 Å². The first-order chi connectivity index (χ1) is 7.04. The van der Waals surface area contributed by atoms with Gasteiger partial charge in [0, 0.05) is 12.6 Å². The number of nitrogens with two attached hydrogens (primary N) is 1. The molecule has 0 radical (unpaired) electrons. The van der Waals surface area contributed by atoms with Crippen LogP contribution in [0.15, 0.2) is 12.1 Å². The first-order valence-electron chi connectivity index (χ1n) is 5.06. The molecule has 1 heterocycles. The van der Waals surface area contributed by atoms with Crippen molar-refractivity contribution in [1.82, 2.24) is 4.98 Å². The van der Waals surface area contributed by atoms with Gasteiger partial charge in [0.15, 0.2) is 0 Å². The zero-order valence-electron chi connectivity index (χ0n) is 9.33. The average molecular weight is 229 g/mol. The minimum absolute atomic E-state index is 0.129. The van der Waals surface area contributed by atoms with Crippen molar-refractivity contribution in [3.8, 4) is 5.88 Å². The van der Waals surface area contributed by atoms with Crippen LogP contribution in [0.3, 0.4) is 0 Å². The van der Waals surface area contributed by atoms with Crippen LogP contribution in [-0.4, -0.2) is 11.1 Å². The van der Waals surface area contributed by atoms with Crippen LogP contribution in [0.4, 0.5) is 0 Å². The van der Waals surface area contributed by atoms with Gasteiger partial charge in [0.1, 0.15) is 0 Å².